The maximum atomic E-state index is 13.3. The lowest BCUT2D eigenvalue weighted by Crippen LogP contribution is -2.41. The Bertz CT molecular complexity index is 1090. The van der Waals surface area contributed by atoms with Gasteiger partial charge in [-0.3, -0.25) is 9.10 Å². The number of rotatable bonds is 11. The highest BCUT2D eigenvalue weighted by Crippen LogP contribution is 2.25. The highest BCUT2D eigenvalue weighted by Gasteiger charge is 2.27. The van der Waals surface area contributed by atoms with Crippen LogP contribution in [0.5, 0.6) is 11.5 Å². The summed E-state index contributed by atoms with van der Waals surface area (Å²) in [6.07, 6.45) is 0. The van der Waals surface area contributed by atoms with Crippen molar-refractivity contribution in [1.82, 2.24) is 5.32 Å². The second-order valence-electron chi connectivity index (χ2n) is 6.76. The monoisotopic (exact) mass is 454 g/mol. The van der Waals surface area contributed by atoms with Crippen molar-refractivity contribution in [2.24, 2.45) is 0 Å². The number of carbonyl (C=O) groups excluding carboxylic acids is 1. The fraction of sp³-hybridized carbons (Fsp3) is 0.208. The van der Waals surface area contributed by atoms with Gasteiger partial charge in [-0.05, 0) is 55.5 Å². The molecule has 0 saturated heterocycles. The lowest BCUT2D eigenvalue weighted by Gasteiger charge is -2.24. The third-order valence-electron chi connectivity index (χ3n) is 4.49. The van der Waals surface area contributed by atoms with Gasteiger partial charge in [0.1, 0.15) is 24.7 Å². The van der Waals surface area contributed by atoms with Crippen LogP contribution in [0, 0.1) is 0 Å². The average molecular weight is 455 g/mol. The first-order chi connectivity index (χ1) is 15.5. The lowest BCUT2D eigenvalue weighted by molar-refractivity contribution is -0.119. The molecule has 0 heterocycles. The first-order valence-electron chi connectivity index (χ1n) is 10.3. The molecule has 3 aromatic rings. The fourth-order valence-corrected chi connectivity index (χ4v) is 4.41. The van der Waals surface area contributed by atoms with Gasteiger partial charge < -0.3 is 14.8 Å². The van der Waals surface area contributed by atoms with E-state index in [-0.39, 0.29) is 24.6 Å². The Kier molecular flexibility index (Phi) is 8.10. The van der Waals surface area contributed by atoms with E-state index in [1.807, 2.05) is 37.3 Å². The predicted octanol–water partition coefficient (Wildman–Crippen LogP) is 3.48. The van der Waals surface area contributed by atoms with Crippen LogP contribution in [0.4, 0.5) is 5.69 Å². The number of carbonyl (C=O) groups is 1. The smallest absolute Gasteiger partial charge is 0.264 e. The lowest BCUT2D eigenvalue weighted by atomic mass is 10.3. The molecule has 0 fully saturated rings. The standard InChI is InChI=1S/C24H26N2O5S/c1-2-30-22-15-13-20(14-16-22)26(32(28,29)23-11-7-4-8-12-23)19-24(27)25-17-18-31-21-9-5-3-6-10-21/h3-16H,2,17-19H2,1H3,(H,25,27). The van der Waals surface area contributed by atoms with Crippen LogP contribution in [-0.2, 0) is 14.8 Å². The van der Waals surface area contributed by atoms with Crippen LogP contribution in [0.3, 0.4) is 0 Å². The van der Waals surface area contributed by atoms with E-state index in [4.69, 9.17) is 9.47 Å². The molecule has 0 bridgehead atoms. The zero-order chi connectivity index (χ0) is 22.8. The number of benzene rings is 3. The molecule has 0 saturated carbocycles. The molecule has 168 valence electrons. The Morgan fingerprint density at radius 1 is 0.844 bits per heavy atom. The Hall–Kier alpha value is -3.52. The summed E-state index contributed by atoms with van der Waals surface area (Å²) in [7, 11) is -3.95. The number of amides is 1. The highest BCUT2D eigenvalue weighted by atomic mass is 32.2. The summed E-state index contributed by atoms with van der Waals surface area (Å²) >= 11 is 0. The van der Waals surface area contributed by atoms with Crippen molar-refractivity contribution < 1.29 is 22.7 Å². The number of para-hydroxylation sites is 1. The van der Waals surface area contributed by atoms with Gasteiger partial charge in [-0.25, -0.2) is 8.42 Å². The van der Waals surface area contributed by atoms with E-state index < -0.39 is 15.9 Å². The third-order valence-corrected chi connectivity index (χ3v) is 6.28. The Balaban J connectivity index is 1.71. The molecule has 0 aliphatic carbocycles. The summed E-state index contributed by atoms with van der Waals surface area (Å²) in [5.41, 5.74) is 0.369. The van der Waals surface area contributed by atoms with Crippen LogP contribution < -0.4 is 19.1 Å². The first kappa shape index (κ1) is 23.1. The molecular weight excluding hydrogens is 428 g/mol. The van der Waals surface area contributed by atoms with Gasteiger partial charge in [0.2, 0.25) is 5.91 Å². The molecular formula is C24H26N2O5S. The van der Waals surface area contributed by atoms with E-state index in [0.29, 0.717) is 23.8 Å². The molecule has 3 aromatic carbocycles. The molecule has 0 aliphatic rings. The fourth-order valence-electron chi connectivity index (χ4n) is 2.97. The van der Waals surface area contributed by atoms with E-state index in [1.54, 1.807) is 42.5 Å². The Morgan fingerprint density at radius 2 is 1.44 bits per heavy atom. The molecule has 1 amide bonds. The predicted molar refractivity (Wildman–Crippen MR) is 124 cm³/mol. The van der Waals surface area contributed by atoms with Gasteiger partial charge in [-0.15, -0.1) is 0 Å². The summed E-state index contributed by atoms with van der Waals surface area (Å²) in [6, 6.07) is 23.9. The Labute approximate surface area is 188 Å². The van der Waals surface area contributed by atoms with Gasteiger partial charge in [-0.2, -0.15) is 0 Å². The molecule has 0 spiro atoms. The van der Waals surface area contributed by atoms with Crippen molar-refractivity contribution >= 4 is 21.6 Å². The normalized spacial score (nSPS) is 10.9. The van der Waals surface area contributed by atoms with Crippen molar-refractivity contribution in [2.75, 3.05) is 30.6 Å². The summed E-state index contributed by atoms with van der Waals surface area (Å²) in [5.74, 6) is 0.885. The minimum absolute atomic E-state index is 0.106. The van der Waals surface area contributed by atoms with Gasteiger partial charge >= 0.3 is 0 Å². The number of hydrogen-bond donors (Lipinski definition) is 1. The summed E-state index contributed by atoms with van der Waals surface area (Å²) in [6.45, 7) is 2.52. The highest BCUT2D eigenvalue weighted by molar-refractivity contribution is 7.92. The van der Waals surface area contributed by atoms with Gasteiger partial charge in [0.25, 0.3) is 10.0 Å². The van der Waals surface area contributed by atoms with Crippen molar-refractivity contribution in [2.45, 2.75) is 11.8 Å². The third kappa shape index (κ3) is 6.24. The molecule has 0 radical (unpaired) electrons. The zero-order valence-corrected chi connectivity index (χ0v) is 18.6. The number of ether oxygens (including phenoxy) is 2. The molecule has 0 aromatic heterocycles. The molecule has 1 N–H and O–H groups in total. The maximum Gasteiger partial charge on any atom is 0.264 e. The van der Waals surface area contributed by atoms with Gasteiger partial charge in [-0.1, -0.05) is 36.4 Å². The minimum Gasteiger partial charge on any atom is -0.494 e. The average Bonchev–Trinajstić information content (AvgIpc) is 2.82. The van der Waals surface area contributed by atoms with Crippen LogP contribution >= 0.6 is 0 Å². The molecule has 3 rings (SSSR count). The van der Waals surface area contributed by atoms with E-state index in [0.717, 1.165) is 4.31 Å². The van der Waals surface area contributed by atoms with Crippen LogP contribution in [0.2, 0.25) is 0 Å². The second kappa shape index (κ2) is 11.2. The van der Waals surface area contributed by atoms with Crippen LogP contribution in [0.1, 0.15) is 6.92 Å². The number of anilines is 1. The number of nitrogens with zero attached hydrogens (tertiary/aromatic N) is 1. The summed E-state index contributed by atoms with van der Waals surface area (Å²) in [4.78, 5) is 12.7. The first-order valence-corrected chi connectivity index (χ1v) is 11.7. The van der Waals surface area contributed by atoms with Crippen molar-refractivity contribution in [3.8, 4) is 11.5 Å². The zero-order valence-electron chi connectivity index (χ0n) is 17.8. The van der Waals surface area contributed by atoms with Crippen LogP contribution in [0.15, 0.2) is 89.8 Å². The van der Waals surface area contributed by atoms with E-state index in [2.05, 4.69) is 5.32 Å². The molecule has 32 heavy (non-hydrogen) atoms. The SMILES string of the molecule is CCOc1ccc(N(CC(=O)NCCOc2ccccc2)S(=O)(=O)c2ccccc2)cc1. The topological polar surface area (TPSA) is 84.9 Å². The Morgan fingerprint density at radius 3 is 2.06 bits per heavy atom. The molecule has 0 aliphatic heterocycles. The minimum atomic E-state index is -3.95. The van der Waals surface area contributed by atoms with Crippen LogP contribution in [0.25, 0.3) is 0 Å². The molecule has 7 nitrogen and oxygen atoms in total. The van der Waals surface area contributed by atoms with Crippen molar-refractivity contribution in [1.29, 1.82) is 0 Å². The van der Waals surface area contributed by atoms with Crippen molar-refractivity contribution in [3.63, 3.8) is 0 Å². The van der Waals surface area contributed by atoms with E-state index in [1.165, 1.54) is 12.1 Å². The summed E-state index contributed by atoms with van der Waals surface area (Å²) in [5, 5.41) is 2.71. The maximum absolute atomic E-state index is 13.3. The van der Waals surface area contributed by atoms with Gasteiger partial charge in [0, 0.05) is 0 Å². The van der Waals surface area contributed by atoms with E-state index in [9.17, 15) is 13.2 Å². The van der Waals surface area contributed by atoms with Crippen molar-refractivity contribution in [3.05, 3.63) is 84.9 Å². The number of hydrogen-bond acceptors (Lipinski definition) is 5. The number of nitrogens with one attached hydrogen (secondary N) is 1. The van der Waals surface area contributed by atoms with E-state index >= 15 is 0 Å². The van der Waals surface area contributed by atoms with Crippen LogP contribution in [-0.4, -0.2) is 40.6 Å². The molecule has 8 heteroatoms. The number of sulfonamides is 1. The van der Waals surface area contributed by atoms with Gasteiger partial charge in [0.05, 0.1) is 23.7 Å². The quantitative estimate of drug-likeness (QED) is 0.449. The molecule has 0 atom stereocenters. The van der Waals surface area contributed by atoms with Gasteiger partial charge in [0.15, 0.2) is 0 Å². The molecule has 0 unspecified atom stereocenters. The summed E-state index contributed by atoms with van der Waals surface area (Å²) < 4.78 is 38.6. The largest absolute Gasteiger partial charge is 0.494 e. The second-order valence-corrected chi connectivity index (χ2v) is 8.63.